The van der Waals surface area contributed by atoms with Crippen LogP contribution in [0.15, 0.2) is 33.6 Å². The fraction of sp³-hybridized carbons (Fsp3) is 0.400. The number of nitrogens with one attached hydrogen (secondary N) is 3. The van der Waals surface area contributed by atoms with Crippen LogP contribution in [0.1, 0.15) is 26.3 Å². The highest BCUT2D eigenvalue weighted by molar-refractivity contribution is 7.90. The molecule has 1 aliphatic heterocycles. The number of nitrogens with zero attached hydrogens (tertiary/aromatic N) is 2. The number of thiocarbonyl (C=S) groups is 1. The molecule has 0 unspecified atom stereocenters. The number of fused-ring (bicyclic) bond motifs is 1. The van der Waals surface area contributed by atoms with Crippen LogP contribution in [0.3, 0.4) is 0 Å². The number of carbonyl (C=O) groups is 1. The molecule has 0 fully saturated rings. The Morgan fingerprint density at radius 2 is 1.88 bits per heavy atom. The molecule has 0 aromatic heterocycles. The predicted molar refractivity (Wildman–Crippen MR) is 99.6 cm³/mol. The van der Waals surface area contributed by atoms with Crippen molar-refractivity contribution in [2.45, 2.75) is 31.2 Å². The van der Waals surface area contributed by atoms with Crippen LogP contribution in [0, 0.1) is 0 Å². The molecule has 0 spiro atoms. The van der Waals surface area contributed by atoms with Crippen LogP contribution in [-0.4, -0.2) is 49.3 Å². The van der Waals surface area contributed by atoms with E-state index < -0.39 is 10.0 Å². The average Bonchev–Trinajstić information content (AvgIpc) is 2.76. The highest BCUT2D eigenvalue weighted by Gasteiger charge is 2.30. The Bertz CT molecular complexity index is 828. The van der Waals surface area contributed by atoms with Gasteiger partial charge >= 0.3 is 0 Å². The van der Waals surface area contributed by atoms with E-state index >= 15 is 0 Å². The lowest BCUT2D eigenvalue weighted by Gasteiger charge is -2.23. The lowest BCUT2D eigenvalue weighted by molar-refractivity contribution is -0.121. The van der Waals surface area contributed by atoms with Crippen molar-refractivity contribution in [3.63, 3.8) is 0 Å². The van der Waals surface area contributed by atoms with Crippen molar-refractivity contribution >= 4 is 39.1 Å². The SMILES string of the molecule is CN(CC(=O)NNC(=S)NC(C)(C)C)C1=NS(=O)(=O)c2ccccc21. The number of hydrogen-bond donors (Lipinski definition) is 3. The molecule has 1 aliphatic rings. The monoisotopic (exact) mass is 383 g/mol. The molecule has 0 bridgehead atoms. The van der Waals surface area contributed by atoms with E-state index in [1.54, 1.807) is 25.2 Å². The van der Waals surface area contributed by atoms with Crippen molar-refractivity contribution < 1.29 is 13.2 Å². The Labute approximate surface area is 152 Å². The molecule has 0 radical (unpaired) electrons. The highest BCUT2D eigenvalue weighted by Crippen LogP contribution is 2.26. The molecule has 0 aliphatic carbocycles. The second kappa shape index (κ2) is 6.96. The molecule has 1 amide bonds. The van der Waals surface area contributed by atoms with E-state index in [1.165, 1.54) is 11.0 Å². The molecule has 1 heterocycles. The van der Waals surface area contributed by atoms with Gasteiger partial charge in [-0.05, 0) is 45.1 Å². The predicted octanol–water partition coefficient (Wildman–Crippen LogP) is 0.361. The zero-order valence-corrected chi connectivity index (χ0v) is 16.1. The minimum atomic E-state index is -3.71. The van der Waals surface area contributed by atoms with Crippen molar-refractivity contribution in [3.05, 3.63) is 29.8 Å². The van der Waals surface area contributed by atoms with Gasteiger partial charge in [-0.1, -0.05) is 12.1 Å². The molecule has 0 saturated heterocycles. The molecule has 2 rings (SSSR count). The van der Waals surface area contributed by atoms with Crippen LogP contribution in [0.25, 0.3) is 0 Å². The molecule has 136 valence electrons. The van der Waals surface area contributed by atoms with Gasteiger partial charge in [0.05, 0.1) is 6.54 Å². The van der Waals surface area contributed by atoms with Gasteiger partial charge in [-0.15, -0.1) is 4.40 Å². The van der Waals surface area contributed by atoms with E-state index in [-0.39, 0.29) is 33.8 Å². The second-order valence-corrected chi connectivity index (χ2v) is 8.60. The Kier molecular flexibility index (Phi) is 5.33. The number of rotatable bonds is 2. The molecule has 0 atom stereocenters. The number of hydrazine groups is 1. The number of carbonyl (C=O) groups excluding carboxylic acids is 1. The first-order valence-corrected chi connectivity index (χ1v) is 9.37. The van der Waals surface area contributed by atoms with Crippen LogP contribution in [0.5, 0.6) is 0 Å². The number of sulfonamides is 1. The molecular formula is C15H21N5O3S2. The zero-order chi connectivity index (χ0) is 18.8. The summed E-state index contributed by atoms with van der Waals surface area (Å²) in [6.07, 6.45) is 0. The smallest absolute Gasteiger partial charge is 0.285 e. The van der Waals surface area contributed by atoms with Crippen molar-refractivity contribution in [1.82, 2.24) is 21.1 Å². The third-order valence-corrected chi connectivity index (χ3v) is 4.69. The maximum Gasteiger partial charge on any atom is 0.285 e. The van der Waals surface area contributed by atoms with E-state index in [1.807, 2.05) is 20.8 Å². The maximum absolute atomic E-state index is 12.0. The first-order valence-electron chi connectivity index (χ1n) is 7.52. The summed E-state index contributed by atoms with van der Waals surface area (Å²) in [4.78, 5) is 13.7. The molecule has 8 nitrogen and oxygen atoms in total. The number of amidine groups is 1. The summed E-state index contributed by atoms with van der Waals surface area (Å²) in [6.45, 7) is 5.72. The fourth-order valence-electron chi connectivity index (χ4n) is 2.19. The summed E-state index contributed by atoms with van der Waals surface area (Å²) in [7, 11) is -2.11. The van der Waals surface area contributed by atoms with Crippen LogP contribution < -0.4 is 16.2 Å². The summed E-state index contributed by atoms with van der Waals surface area (Å²) in [5, 5.41) is 3.28. The topological polar surface area (TPSA) is 103 Å². The zero-order valence-electron chi connectivity index (χ0n) is 14.5. The van der Waals surface area contributed by atoms with Crippen LogP contribution in [0.2, 0.25) is 0 Å². The summed E-state index contributed by atoms with van der Waals surface area (Å²) in [5.41, 5.74) is 5.32. The lowest BCUT2D eigenvalue weighted by Crippen LogP contribution is -2.53. The van der Waals surface area contributed by atoms with E-state index in [2.05, 4.69) is 20.6 Å². The van der Waals surface area contributed by atoms with Gasteiger partial charge in [-0.2, -0.15) is 8.42 Å². The van der Waals surface area contributed by atoms with Crippen molar-refractivity contribution in [2.75, 3.05) is 13.6 Å². The third kappa shape index (κ3) is 4.89. The Balaban J connectivity index is 1.98. The molecule has 1 aromatic carbocycles. The summed E-state index contributed by atoms with van der Waals surface area (Å²) >= 11 is 5.07. The summed E-state index contributed by atoms with van der Waals surface area (Å²) < 4.78 is 27.9. The summed E-state index contributed by atoms with van der Waals surface area (Å²) in [6, 6.07) is 6.51. The van der Waals surface area contributed by atoms with Gasteiger partial charge in [-0.25, -0.2) is 0 Å². The molecule has 1 aromatic rings. The van der Waals surface area contributed by atoms with E-state index in [0.717, 1.165) is 0 Å². The van der Waals surface area contributed by atoms with Gasteiger partial charge in [0.25, 0.3) is 15.9 Å². The third-order valence-electron chi connectivity index (χ3n) is 3.16. The quantitative estimate of drug-likeness (QED) is 0.500. The van der Waals surface area contributed by atoms with Gasteiger partial charge in [-0.3, -0.25) is 15.6 Å². The standard InChI is InChI=1S/C15H21N5O3S2/c1-15(2,3)16-14(24)18-17-12(21)9-20(4)13-10-7-5-6-8-11(10)25(22,23)19-13/h5-8H,9H2,1-4H3,(H,17,21)(H2,16,18,24). The van der Waals surface area contributed by atoms with Crippen LogP contribution in [-0.2, 0) is 14.8 Å². The minimum absolute atomic E-state index is 0.0895. The molecule has 25 heavy (non-hydrogen) atoms. The second-order valence-electron chi connectivity index (χ2n) is 6.62. The van der Waals surface area contributed by atoms with Crippen LogP contribution >= 0.6 is 12.2 Å². The van der Waals surface area contributed by atoms with Crippen molar-refractivity contribution in [2.24, 2.45) is 4.40 Å². The minimum Gasteiger partial charge on any atom is -0.357 e. The van der Waals surface area contributed by atoms with Crippen LogP contribution in [0.4, 0.5) is 0 Å². The first kappa shape index (κ1) is 19.1. The van der Waals surface area contributed by atoms with Crippen molar-refractivity contribution in [1.29, 1.82) is 0 Å². The fourth-order valence-corrected chi connectivity index (χ4v) is 3.80. The normalized spacial score (nSPS) is 15.0. The van der Waals surface area contributed by atoms with Gasteiger partial charge in [0, 0.05) is 18.2 Å². The van der Waals surface area contributed by atoms with Crippen molar-refractivity contribution in [3.8, 4) is 0 Å². The average molecular weight is 383 g/mol. The number of hydrogen-bond acceptors (Lipinski definition) is 5. The van der Waals surface area contributed by atoms with Gasteiger partial charge in [0.2, 0.25) is 0 Å². The van der Waals surface area contributed by atoms with E-state index in [4.69, 9.17) is 12.2 Å². The van der Waals surface area contributed by atoms with E-state index in [9.17, 15) is 13.2 Å². The van der Waals surface area contributed by atoms with Gasteiger partial charge in [0.15, 0.2) is 10.9 Å². The number of benzene rings is 1. The number of amides is 1. The summed E-state index contributed by atoms with van der Waals surface area (Å²) in [5.74, 6) is -0.147. The molecule has 10 heteroatoms. The number of likely N-dealkylation sites (N-methyl/N-ethyl adjacent to an activating group) is 1. The highest BCUT2D eigenvalue weighted by atomic mass is 32.2. The van der Waals surface area contributed by atoms with Gasteiger partial charge in [0.1, 0.15) is 4.90 Å². The Morgan fingerprint density at radius 1 is 1.24 bits per heavy atom. The lowest BCUT2D eigenvalue weighted by atomic mass is 10.1. The Hall–Kier alpha value is -2.20. The molecule has 3 N–H and O–H groups in total. The Morgan fingerprint density at radius 3 is 2.52 bits per heavy atom. The van der Waals surface area contributed by atoms with E-state index in [0.29, 0.717) is 5.56 Å². The largest absolute Gasteiger partial charge is 0.357 e. The first-order chi connectivity index (χ1) is 11.5. The molecular weight excluding hydrogens is 362 g/mol. The van der Waals surface area contributed by atoms with Gasteiger partial charge < -0.3 is 10.2 Å². The molecule has 0 saturated carbocycles. The maximum atomic E-state index is 12.0.